The van der Waals surface area contributed by atoms with Crippen molar-refractivity contribution in [3.63, 3.8) is 0 Å². The summed E-state index contributed by atoms with van der Waals surface area (Å²) < 4.78 is 230. The predicted octanol–water partition coefficient (Wildman–Crippen LogP) is 7.71. The third-order valence-corrected chi connectivity index (χ3v) is 6.56. The van der Waals surface area contributed by atoms with Crippen LogP contribution in [-0.4, -0.2) is 58.9 Å². The fourth-order valence-electron chi connectivity index (χ4n) is 3.81. The van der Waals surface area contributed by atoms with Gasteiger partial charge >= 0.3 is 47.6 Å². The van der Waals surface area contributed by atoms with Crippen molar-refractivity contribution in [1.29, 1.82) is 0 Å². The van der Waals surface area contributed by atoms with Gasteiger partial charge in [0.2, 0.25) is 0 Å². The highest BCUT2D eigenvalue weighted by atomic mass is 32.1. The highest BCUT2D eigenvalue weighted by molar-refractivity contribution is 7.80. The normalized spacial score (nSPS) is 20.3. The summed E-state index contributed by atoms with van der Waals surface area (Å²) in [6.45, 7) is 0. The molecule has 0 radical (unpaired) electrons. The van der Waals surface area contributed by atoms with E-state index in [2.05, 4.69) is 10.6 Å². The predicted molar refractivity (Wildman–Crippen MR) is 116 cm³/mol. The van der Waals surface area contributed by atoms with E-state index in [1.165, 1.54) is 0 Å². The molecule has 2 atom stereocenters. The first-order valence-electron chi connectivity index (χ1n) is 11.3. The van der Waals surface area contributed by atoms with Crippen LogP contribution in [0.15, 0.2) is 24.3 Å². The summed E-state index contributed by atoms with van der Waals surface area (Å²) in [5.74, 6) is -56.9. The average molecular weight is 667 g/mol. The molecule has 0 aliphatic heterocycles. The van der Waals surface area contributed by atoms with E-state index in [-0.39, 0.29) is 17.2 Å². The molecule has 0 saturated heterocycles. The fraction of sp³-hybridized carbons (Fsp3) is 0.667. The van der Waals surface area contributed by atoms with E-state index in [1.54, 1.807) is 0 Å². The molecule has 0 spiro atoms. The van der Waals surface area contributed by atoms with E-state index in [1.807, 2.05) is 0 Å². The third kappa shape index (κ3) is 5.54. The number of anilines is 1. The summed E-state index contributed by atoms with van der Waals surface area (Å²) in [6, 6.07) is 0.107. The van der Waals surface area contributed by atoms with E-state index < -0.39 is 71.0 Å². The molecule has 42 heavy (non-hydrogen) atoms. The van der Waals surface area contributed by atoms with Crippen LogP contribution in [0.4, 0.5) is 80.3 Å². The van der Waals surface area contributed by atoms with E-state index in [4.69, 9.17) is 18.0 Å². The average Bonchev–Trinajstić information content (AvgIpc) is 2.84. The van der Waals surface area contributed by atoms with Gasteiger partial charge in [0.1, 0.15) is 0 Å². The second kappa shape index (κ2) is 11.0. The monoisotopic (exact) mass is 667 g/mol. The Balaban J connectivity index is 2.45. The molecule has 1 aliphatic rings. The molecule has 1 aromatic carbocycles. The van der Waals surface area contributed by atoms with Crippen molar-refractivity contribution in [2.45, 2.75) is 85.4 Å². The molecule has 21 heteroatoms. The molecule has 0 bridgehead atoms. The van der Waals surface area contributed by atoms with Gasteiger partial charge in [0.15, 0.2) is 5.11 Å². The van der Waals surface area contributed by atoms with E-state index in [9.17, 15) is 74.6 Å². The summed E-state index contributed by atoms with van der Waals surface area (Å²) in [5, 5.41) is 4.43. The van der Waals surface area contributed by atoms with Crippen molar-refractivity contribution < 1.29 is 74.6 Å². The summed E-state index contributed by atoms with van der Waals surface area (Å²) in [6.07, 6.45) is -5.31. The summed E-state index contributed by atoms with van der Waals surface area (Å²) in [7, 11) is 0. The SMILES string of the molecule is N[C@@H]1CCCC[C@H]1NC(=S)Nc1cccc(C(F)(F)C(F)(F)C(F)(F)C(F)(F)C(F)(F)C(F)(F)C(F)(F)C(F)(F)F)c1. The summed E-state index contributed by atoms with van der Waals surface area (Å²) in [4.78, 5) is 0. The van der Waals surface area contributed by atoms with Crippen molar-refractivity contribution >= 4 is 23.0 Å². The Morgan fingerprint density at radius 2 is 1.12 bits per heavy atom. The van der Waals surface area contributed by atoms with Crippen LogP contribution in [0, 0.1) is 0 Å². The summed E-state index contributed by atoms with van der Waals surface area (Å²) in [5.41, 5.74) is 2.83. The summed E-state index contributed by atoms with van der Waals surface area (Å²) >= 11 is 4.89. The van der Waals surface area contributed by atoms with Gasteiger partial charge in [-0.3, -0.25) is 0 Å². The van der Waals surface area contributed by atoms with E-state index in [0.29, 0.717) is 25.3 Å². The van der Waals surface area contributed by atoms with Crippen molar-refractivity contribution in [2.24, 2.45) is 5.73 Å². The van der Waals surface area contributed by atoms with Gasteiger partial charge < -0.3 is 16.4 Å². The van der Waals surface area contributed by atoms with Crippen molar-refractivity contribution in [3.8, 4) is 0 Å². The minimum atomic E-state index is -8.68. The lowest BCUT2D eigenvalue weighted by Gasteiger charge is -2.42. The lowest BCUT2D eigenvalue weighted by Crippen LogP contribution is -2.74. The van der Waals surface area contributed by atoms with Crippen LogP contribution >= 0.6 is 12.2 Å². The van der Waals surface area contributed by atoms with Crippen LogP contribution in [0.2, 0.25) is 0 Å². The number of alkyl halides is 17. The Morgan fingerprint density at radius 3 is 1.60 bits per heavy atom. The first kappa shape index (κ1) is 35.9. The van der Waals surface area contributed by atoms with Gasteiger partial charge in [-0.15, -0.1) is 0 Å². The molecule has 0 unspecified atom stereocenters. The number of thiocarbonyl (C=S) groups is 1. The molecule has 1 saturated carbocycles. The second-order valence-corrected chi connectivity index (χ2v) is 9.66. The minimum absolute atomic E-state index is 0.110. The molecule has 4 N–H and O–H groups in total. The quantitative estimate of drug-likeness (QED) is 0.187. The Hall–Kier alpha value is -2.32. The van der Waals surface area contributed by atoms with Crippen molar-refractivity contribution in [2.75, 3.05) is 5.32 Å². The first-order chi connectivity index (χ1) is 18.6. The number of rotatable bonds is 9. The van der Waals surface area contributed by atoms with Gasteiger partial charge in [0.25, 0.3) is 0 Å². The van der Waals surface area contributed by atoms with E-state index in [0.717, 1.165) is 12.5 Å². The highest BCUT2D eigenvalue weighted by Crippen LogP contribution is 2.65. The lowest BCUT2D eigenvalue weighted by molar-refractivity contribution is -0.462. The Labute approximate surface area is 230 Å². The number of nitrogens with two attached hydrogens (primary N) is 1. The van der Waals surface area contributed by atoms with Crippen LogP contribution in [0.1, 0.15) is 31.2 Å². The van der Waals surface area contributed by atoms with Gasteiger partial charge in [0, 0.05) is 23.3 Å². The van der Waals surface area contributed by atoms with Gasteiger partial charge in [-0.25, -0.2) is 0 Å². The fourth-order valence-corrected chi connectivity index (χ4v) is 4.08. The van der Waals surface area contributed by atoms with Crippen LogP contribution in [0.5, 0.6) is 0 Å². The Morgan fingerprint density at radius 1 is 0.667 bits per heavy atom. The molecule has 3 nitrogen and oxygen atoms in total. The maximum atomic E-state index is 14.6. The van der Waals surface area contributed by atoms with Crippen LogP contribution in [0.25, 0.3) is 0 Å². The highest BCUT2D eigenvalue weighted by Gasteiger charge is 2.95. The molecule has 2 rings (SSSR count). The first-order valence-corrected chi connectivity index (χ1v) is 11.7. The van der Waals surface area contributed by atoms with Crippen LogP contribution in [0.3, 0.4) is 0 Å². The molecule has 0 heterocycles. The largest absolute Gasteiger partial charge is 0.460 e. The van der Waals surface area contributed by atoms with Gasteiger partial charge in [0.05, 0.1) is 0 Å². The number of benzene rings is 1. The molecule has 0 amide bonds. The molecular formula is C21H18F17N3S. The number of hydrogen-bond donors (Lipinski definition) is 3. The number of nitrogens with one attached hydrogen (secondary N) is 2. The Kier molecular flexibility index (Phi) is 9.39. The van der Waals surface area contributed by atoms with Crippen molar-refractivity contribution in [1.82, 2.24) is 5.32 Å². The molecule has 0 aromatic heterocycles. The molecular weight excluding hydrogens is 649 g/mol. The number of halogens is 17. The topological polar surface area (TPSA) is 50.1 Å². The lowest BCUT2D eigenvalue weighted by atomic mass is 9.87. The van der Waals surface area contributed by atoms with Crippen LogP contribution in [-0.2, 0) is 5.92 Å². The zero-order chi connectivity index (χ0) is 33.0. The zero-order valence-electron chi connectivity index (χ0n) is 20.2. The number of hydrogen-bond acceptors (Lipinski definition) is 2. The van der Waals surface area contributed by atoms with Crippen LogP contribution < -0.4 is 16.4 Å². The minimum Gasteiger partial charge on any atom is -0.358 e. The molecule has 1 fully saturated rings. The maximum absolute atomic E-state index is 14.6. The molecule has 242 valence electrons. The second-order valence-electron chi connectivity index (χ2n) is 9.25. The zero-order valence-corrected chi connectivity index (χ0v) is 21.0. The van der Waals surface area contributed by atoms with E-state index >= 15 is 0 Å². The smallest absolute Gasteiger partial charge is 0.358 e. The van der Waals surface area contributed by atoms with Gasteiger partial charge in [-0.05, 0) is 37.2 Å². The third-order valence-electron chi connectivity index (χ3n) is 6.34. The maximum Gasteiger partial charge on any atom is 0.460 e. The standard InChI is InChI=1S/C21H18F17N3S/c22-14(23,9-4-3-5-10(8-9)40-13(42)41-12-7-2-1-6-11(12)39)15(24,25)16(26,27)17(28,29)18(30,31)19(32,33)20(34,35)21(36,37)38/h3-5,8,11-12H,1-2,6-7,39H2,(H2,40,41,42)/t11-,12-/m1/s1. The van der Waals surface area contributed by atoms with Gasteiger partial charge in [-0.1, -0.05) is 25.0 Å². The van der Waals surface area contributed by atoms with Gasteiger partial charge in [-0.2, -0.15) is 74.6 Å². The van der Waals surface area contributed by atoms with Crippen molar-refractivity contribution in [3.05, 3.63) is 29.8 Å². The Bertz CT molecular complexity index is 1140. The molecule has 1 aliphatic carbocycles. The molecule has 1 aromatic rings.